The van der Waals surface area contributed by atoms with E-state index in [9.17, 15) is 38.2 Å². The summed E-state index contributed by atoms with van der Waals surface area (Å²) in [6, 6.07) is -0.942. The Labute approximate surface area is 371 Å². The topological polar surface area (TPSA) is 192 Å². The van der Waals surface area contributed by atoms with Crippen molar-refractivity contribution in [3.63, 3.8) is 0 Å². The van der Waals surface area contributed by atoms with Gasteiger partial charge in [0.2, 0.25) is 5.91 Å². The monoisotopic (exact) mass is 888 g/mol. The van der Waals surface area contributed by atoms with Gasteiger partial charge in [-0.15, -0.1) is 0 Å². The van der Waals surface area contributed by atoms with E-state index in [1.165, 1.54) is 128 Å². The highest BCUT2D eigenvalue weighted by Crippen LogP contribution is 2.26. The van der Waals surface area contributed by atoms with Gasteiger partial charge in [-0.25, -0.2) is 4.18 Å². The van der Waals surface area contributed by atoms with Crippen molar-refractivity contribution in [1.82, 2.24) is 5.32 Å². The van der Waals surface area contributed by atoms with Crippen LogP contribution in [-0.4, -0.2) is 95.4 Å². The smallest absolute Gasteiger partial charge is 0.394 e. The molecule has 13 heteroatoms. The molecule has 1 amide bonds. The number of allylic oxidation sites excluding steroid dienone is 5. The highest BCUT2D eigenvalue weighted by Gasteiger charge is 2.48. The number of carbonyl (C=O) groups excluding carboxylic acids is 1. The molecule has 6 N–H and O–H groups in total. The van der Waals surface area contributed by atoms with Gasteiger partial charge in [0.25, 0.3) is 0 Å². The van der Waals surface area contributed by atoms with E-state index in [1.54, 1.807) is 6.08 Å². The van der Waals surface area contributed by atoms with E-state index in [0.29, 0.717) is 6.42 Å². The molecule has 1 aliphatic rings. The quantitative estimate of drug-likeness (QED) is 0.0195. The van der Waals surface area contributed by atoms with E-state index in [0.717, 1.165) is 51.4 Å². The first kappa shape index (κ1) is 57.3. The molecule has 1 fully saturated rings. The zero-order chi connectivity index (χ0) is 44.8. The predicted octanol–water partition coefficient (Wildman–Crippen LogP) is 9.89. The lowest BCUT2D eigenvalue weighted by Gasteiger charge is -2.41. The Balaban J connectivity index is 2.44. The number of carbonyl (C=O) groups is 1. The standard InChI is InChI=1S/C48H89NO11S/c1-3-5-7-9-11-13-15-17-18-19-20-21-22-23-24-26-28-30-32-34-36-38-44(52)49-41(42(51)37-35-33-31-29-27-25-16-14-12-10-8-6-4-2)40-58-48-46(54)47(60-61(55,56)57)45(53)43(39-50)59-48/h5,7,11,13,35,37,41-43,45-48,50-51,53-54H,3-4,6,8-10,12,14-34,36,38-40H2,1-2H3,(H,49,52)(H,55,56,57)/b7-5-,13-11-,37-35+. The minimum Gasteiger partial charge on any atom is -0.394 e. The minimum absolute atomic E-state index is 0.264. The Hall–Kier alpha value is -1.68. The minimum atomic E-state index is -5.08. The fraction of sp³-hybridized carbons (Fsp3) is 0.854. The third-order valence-corrected chi connectivity index (χ3v) is 11.9. The van der Waals surface area contributed by atoms with Crippen LogP contribution in [0.1, 0.15) is 206 Å². The number of nitrogens with one attached hydrogen (secondary N) is 1. The Bertz CT molecular complexity index is 1230. The van der Waals surface area contributed by atoms with Crippen molar-refractivity contribution in [1.29, 1.82) is 0 Å². The van der Waals surface area contributed by atoms with Gasteiger partial charge in [0.05, 0.1) is 25.4 Å². The maximum absolute atomic E-state index is 13.0. The second-order valence-electron chi connectivity index (χ2n) is 17.0. The molecule has 0 aliphatic carbocycles. The number of ether oxygens (including phenoxy) is 2. The molecule has 358 valence electrons. The molecule has 61 heavy (non-hydrogen) atoms. The maximum atomic E-state index is 13.0. The second-order valence-corrected chi connectivity index (χ2v) is 18.1. The summed E-state index contributed by atoms with van der Waals surface area (Å²) in [6.45, 7) is 3.28. The van der Waals surface area contributed by atoms with Crippen molar-refractivity contribution in [2.45, 2.75) is 249 Å². The molecule has 1 rings (SSSR count). The first-order valence-electron chi connectivity index (χ1n) is 24.4. The summed E-state index contributed by atoms with van der Waals surface area (Å²) in [5.41, 5.74) is 0. The summed E-state index contributed by atoms with van der Waals surface area (Å²) in [6.07, 6.45) is 37.5. The van der Waals surface area contributed by atoms with Crippen LogP contribution >= 0.6 is 0 Å². The lowest BCUT2D eigenvalue weighted by molar-refractivity contribution is -0.298. The number of hydrogen-bond donors (Lipinski definition) is 6. The maximum Gasteiger partial charge on any atom is 0.397 e. The molecular formula is C48H89NO11S. The highest BCUT2D eigenvalue weighted by atomic mass is 32.3. The van der Waals surface area contributed by atoms with E-state index in [4.69, 9.17) is 9.47 Å². The lowest BCUT2D eigenvalue weighted by atomic mass is 9.99. The highest BCUT2D eigenvalue weighted by molar-refractivity contribution is 7.80. The van der Waals surface area contributed by atoms with Crippen LogP contribution in [0.3, 0.4) is 0 Å². The van der Waals surface area contributed by atoms with Gasteiger partial charge in [0, 0.05) is 6.42 Å². The SMILES string of the molecule is CC/C=C\C/C=C\CCCCCCCCCCCCCCCCC(=O)NC(COC1OC(CO)C(O)C(OS(=O)(=O)O)C1O)C(O)/C=C/CCCCCCCCCCCCC. The van der Waals surface area contributed by atoms with E-state index in [1.807, 2.05) is 6.08 Å². The van der Waals surface area contributed by atoms with Crippen LogP contribution in [0.4, 0.5) is 0 Å². The van der Waals surface area contributed by atoms with Gasteiger partial charge in [0.15, 0.2) is 6.29 Å². The van der Waals surface area contributed by atoms with Crippen molar-refractivity contribution in [2.75, 3.05) is 13.2 Å². The second kappa shape index (κ2) is 38.8. The molecule has 0 radical (unpaired) electrons. The predicted molar refractivity (Wildman–Crippen MR) is 245 cm³/mol. The van der Waals surface area contributed by atoms with Crippen molar-refractivity contribution in [3.8, 4) is 0 Å². The summed E-state index contributed by atoms with van der Waals surface area (Å²) >= 11 is 0. The molecule has 1 saturated heterocycles. The number of hydrogen-bond acceptors (Lipinski definition) is 10. The summed E-state index contributed by atoms with van der Waals surface area (Å²) in [7, 11) is -5.08. The van der Waals surface area contributed by atoms with Gasteiger partial charge in [-0.2, -0.15) is 8.42 Å². The Kier molecular flexibility index (Phi) is 36.4. The van der Waals surface area contributed by atoms with Gasteiger partial charge < -0.3 is 35.2 Å². The van der Waals surface area contributed by atoms with E-state index in [-0.39, 0.29) is 18.9 Å². The largest absolute Gasteiger partial charge is 0.397 e. The van der Waals surface area contributed by atoms with E-state index >= 15 is 0 Å². The van der Waals surface area contributed by atoms with Crippen molar-refractivity contribution < 1.29 is 51.8 Å². The summed E-state index contributed by atoms with van der Waals surface area (Å²) < 4.78 is 47.6. The molecule has 0 aromatic rings. The third kappa shape index (κ3) is 31.8. The number of amides is 1. The molecule has 0 saturated carbocycles. The van der Waals surface area contributed by atoms with Gasteiger partial charge in [-0.1, -0.05) is 192 Å². The number of rotatable bonds is 41. The zero-order valence-electron chi connectivity index (χ0n) is 38.2. The third-order valence-electron chi connectivity index (χ3n) is 11.4. The average Bonchev–Trinajstić information content (AvgIpc) is 3.23. The van der Waals surface area contributed by atoms with Crippen LogP contribution in [0.25, 0.3) is 0 Å². The Morgan fingerprint density at radius 2 is 1.15 bits per heavy atom. The molecular weight excluding hydrogens is 799 g/mol. The van der Waals surface area contributed by atoms with Gasteiger partial charge >= 0.3 is 10.4 Å². The molecule has 0 aromatic carbocycles. The molecule has 7 unspecified atom stereocenters. The van der Waals surface area contributed by atoms with Crippen LogP contribution in [0.5, 0.6) is 0 Å². The molecule has 0 spiro atoms. The van der Waals surface area contributed by atoms with Crippen LogP contribution in [-0.2, 0) is 28.9 Å². The number of aliphatic hydroxyl groups is 4. The summed E-state index contributed by atoms with van der Waals surface area (Å²) in [5, 5.41) is 44.7. The molecule has 0 aromatic heterocycles. The number of unbranched alkanes of at least 4 members (excludes halogenated alkanes) is 25. The van der Waals surface area contributed by atoms with Crippen molar-refractivity contribution in [2.24, 2.45) is 0 Å². The normalized spacial score (nSPS) is 20.9. The molecule has 1 heterocycles. The van der Waals surface area contributed by atoms with Crippen LogP contribution in [0.15, 0.2) is 36.5 Å². The molecule has 1 aliphatic heterocycles. The van der Waals surface area contributed by atoms with Gasteiger partial charge in [-0.05, 0) is 44.9 Å². The summed E-state index contributed by atoms with van der Waals surface area (Å²) in [4.78, 5) is 13.0. The van der Waals surface area contributed by atoms with Crippen LogP contribution in [0, 0.1) is 0 Å². The number of aliphatic hydroxyl groups excluding tert-OH is 4. The summed E-state index contributed by atoms with van der Waals surface area (Å²) in [5.74, 6) is -0.264. The fourth-order valence-corrected chi connectivity index (χ4v) is 8.18. The molecule has 7 atom stereocenters. The van der Waals surface area contributed by atoms with Gasteiger partial charge in [0.1, 0.15) is 24.4 Å². The Morgan fingerprint density at radius 1 is 0.672 bits per heavy atom. The van der Waals surface area contributed by atoms with Crippen molar-refractivity contribution in [3.05, 3.63) is 36.5 Å². The first-order chi connectivity index (χ1) is 29.5. The average molecular weight is 888 g/mol. The van der Waals surface area contributed by atoms with Crippen LogP contribution in [0.2, 0.25) is 0 Å². The molecule has 0 bridgehead atoms. The van der Waals surface area contributed by atoms with Crippen LogP contribution < -0.4 is 5.32 Å². The fourth-order valence-electron chi connectivity index (χ4n) is 7.67. The Morgan fingerprint density at radius 3 is 1.64 bits per heavy atom. The zero-order valence-corrected chi connectivity index (χ0v) is 39.0. The van der Waals surface area contributed by atoms with Gasteiger partial charge in [-0.3, -0.25) is 9.35 Å². The first-order valence-corrected chi connectivity index (χ1v) is 25.7. The van der Waals surface area contributed by atoms with E-state index < -0.39 is 59.9 Å². The van der Waals surface area contributed by atoms with Crippen molar-refractivity contribution >= 4 is 16.3 Å². The van der Waals surface area contributed by atoms with E-state index in [2.05, 4.69) is 47.7 Å². The molecule has 12 nitrogen and oxygen atoms in total. The lowest BCUT2D eigenvalue weighted by Crippen LogP contribution is -2.61.